The molecule has 5 nitrogen and oxygen atoms in total. The molecule has 1 N–H and O–H groups in total. The van der Waals surface area contributed by atoms with E-state index in [4.69, 9.17) is 14.2 Å². The lowest BCUT2D eigenvalue weighted by atomic mass is 9.54. The summed E-state index contributed by atoms with van der Waals surface area (Å²) < 4.78 is 16.2. The number of hydrogen-bond donors (Lipinski definition) is 1. The van der Waals surface area contributed by atoms with Crippen LogP contribution in [0, 0.1) is 23.7 Å². The molecule has 3 aliphatic rings. The van der Waals surface area contributed by atoms with E-state index in [1.807, 2.05) is 18.2 Å². The van der Waals surface area contributed by atoms with Crippen molar-refractivity contribution >= 4 is 5.97 Å². The number of fused-ring (bicyclic) bond motifs is 5. The van der Waals surface area contributed by atoms with Gasteiger partial charge in [-0.2, -0.15) is 0 Å². The minimum Gasteiger partial charge on any atom is -0.493 e. The summed E-state index contributed by atoms with van der Waals surface area (Å²) in [6.45, 7) is 3.94. The lowest BCUT2D eigenvalue weighted by molar-refractivity contribution is -0.160. The van der Waals surface area contributed by atoms with E-state index in [1.165, 1.54) is 12.7 Å². The molecule has 0 aromatic heterocycles. The first kappa shape index (κ1) is 19.3. The third-order valence-electron chi connectivity index (χ3n) is 7.57. The number of ether oxygens (including phenoxy) is 3. The summed E-state index contributed by atoms with van der Waals surface area (Å²) in [5.74, 6) is 1.30. The second-order valence-corrected chi connectivity index (χ2v) is 8.49. The normalized spacial score (nSPS) is 35.9. The second kappa shape index (κ2) is 7.11. The van der Waals surface area contributed by atoms with E-state index in [9.17, 15) is 9.90 Å². The van der Waals surface area contributed by atoms with Gasteiger partial charge in [0.2, 0.25) is 0 Å². The molecular formula is C23H30O5. The monoisotopic (exact) mass is 386 g/mol. The van der Waals surface area contributed by atoms with Crippen LogP contribution in [0.3, 0.4) is 0 Å². The van der Waals surface area contributed by atoms with Gasteiger partial charge in [-0.05, 0) is 67.2 Å². The highest BCUT2D eigenvalue weighted by Gasteiger charge is 2.60. The number of rotatable bonds is 4. The largest absolute Gasteiger partial charge is 0.493 e. The Morgan fingerprint density at radius 1 is 1.18 bits per heavy atom. The van der Waals surface area contributed by atoms with Gasteiger partial charge in [0.25, 0.3) is 0 Å². The van der Waals surface area contributed by atoms with E-state index in [-0.39, 0.29) is 35.6 Å². The smallest absolute Gasteiger partial charge is 0.309 e. The van der Waals surface area contributed by atoms with Crippen LogP contribution in [0.25, 0.3) is 0 Å². The van der Waals surface area contributed by atoms with Gasteiger partial charge in [-0.1, -0.05) is 6.08 Å². The lowest BCUT2D eigenvalue weighted by Gasteiger charge is -2.52. The van der Waals surface area contributed by atoms with Crippen LogP contribution in [-0.2, 0) is 16.0 Å². The van der Waals surface area contributed by atoms with E-state index in [0.717, 1.165) is 31.2 Å². The summed E-state index contributed by atoms with van der Waals surface area (Å²) in [5, 5.41) is 11.6. The number of carbonyl (C=O) groups is 1. The Hall–Kier alpha value is -2.01. The molecule has 1 aromatic carbocycles. The molecular weight excluding hydrogens is 356 g/mol. The third kappa shape index (κ3) is 2.66. The van der Waals surface area contributed by atoms with Crippen LogP contribution in [0.1, 0.15) is 42.7 Å². The molecule has 0 aliphatic heterocycles. The van der Waals surface area contributed by atoms with Crippen molar-refractivity contribution in [1.82, 2.24) is 0 Å². The van der Waals surface area contributed by atoms with Crippen molar-refractivity contribution in [3.63, 3.8) is 0 Å². The van der Waals surface area contributed by atoms with Crippen LogP contribution in [-0.4, -0.2) is 38.0 Å². The first-order valence-electron chi connectivity index (χ1n) is 10.2. The molecule has 3 aliphatic carbocycles. The van der Waals surface area contributed by atoms with Gasteiger partial charge >= 0.3 is 5.97 Å². The minimum atomic E-state index is -0.865. The topological polar surface area (TPSA) is 65.0 Å². The Balaban J connectivity index is 1.83. The molecule has 0 bridgehead atoms. The van der Waals surface area contributed by atoms with Gasteiger partial charge < -0.3 is 19.3 Å². The number of carbonyl (C=O) groups excluding carboxylic acids is 1. The second-order valence-electron chi connectivity index (χ2n) is 8.49. The van der Waals surface area contributed by atoms with E-state index < -0.39 is 5.60 Å². The predicted octanol–water partition coefficient (Wildman–Crippen LogP) is 3.49. The first-order valence-corrected chi connectivity index (χ1v) is 10.2. The van der Waals surface area contributed by atoms with Crippen molar-refractivity contribution in [2.24, 2.45) is 23.7 Å². The molecule has 152 valence electrons. The van der Waals surface area contributed by atoms with E-state index >= 15 is 0 Å². The maximum Gasteiger partial charge on any atom is 0.309 e. The summed E-state index contributed by atoms with van der Waals surface area (Å²) in [5.41, 5.74) is 1.49. The molecule has 1 aromatic rings. The van der Waals surface area contributed by atoms with Crippen molar-refractivity contribution in [1.29, 1.82) is 0 Å². The molecule has 28 heavy (non-hydrogen) atoms. The predicted molar refractivity (Wildman–Crippen MR) is 106 cm³/mol. The van der Waals surface area contributed by atoms with Crippen molar-refractivity contribution in [2.75, 3.05) is 21.3 Å². The molecule has 0 saturated heterocycles. The zero-order valence-corrected chi connectivity index (χ0v) is 16.9. The van der Waals surface area contributed by atoms with E-state index in [1.54, 1.807) is 14.2 Å². The van der Waals surface area contributed by atoms with Gasteiger partial charge in [-0.15, -0.1) is 6.58 Å². The standard InChI is InChI=1S/C23H30O5/c1-5-14-7-9-18-15-8-6-13-10-19(26-2)20(27-3)11-16(13)21(15)17(22(24)28-4)12-23(14,18)25/h5,10-11,14-15,17-18,21,25H,1,6-9,12H2,2-4H3/t14-,15+,17-,18+,21+,23-/m0/s1. The Morgan fingerprint density at radius 3 is 2.54 bits per heavy atom. The Bertz CT molecular complexity index is 787. The molecule has 0 unspecified atom stereocenters. The average Bonchev–Trinajstić information content (AvgIpc) is 3.07. The van der Waals surface area contributed by atoms with Gasteiger partial charge in [0.1, 0.15) is 0 Å². The van der Waals surface area contributed by atoms with Crippen molar-refractivity contribution in [2.45, 2.75) is 43.6 Å². The molecule has 0 amide bonds. The number of methoxy groups -OCH3 is 3. The zero-order chi connectivity index (χ0) is 20.1. The van der Waals surface area contributed by atoms with Gasteiger partial charge in [-0.3, -0.25) is 4.79 Å². The van der Waals surface area contributed by atoms with Crippen LogP contribution >= 0.6 is 0 Å². The lowest BCUT2D eigenvalue weighted by Crippen LogP contribution is -2.54. The number of aliphatic hydroxyl groups is 1. The number of hydrogen-bond acceptors (Lipinski definition) is 5. The minimum absolute atomic E-state index is 0.0323. The Morgan fingerprint density at radius 2 is 1.89 bits per heavy atom. The molecule has 0 heterocycles. The fourth-order valence-corrected chi connectivity index (χ4v) is 6.37. The van der Waals surface area contributed by atoms with Crippen LogP contribution in [0.15, 0.2) is 24.8 Å². The molecule has 0 spiro atoms. The highest BCUT2D eigenvalue weighted by molar-refractivity contribution is 5.75. The van der Waals surface area contributed by atoms with Crippen LogP contribution in [0.5, 0.6) is 11.5 Å². The maximum atomic E-state index is 12.8. The molecule has 2 saturated carbocycles. The van der Waals surface area contributed by atoms with Gasteiger partial charge in [0.05, 0.1) is 32.8 Å². The van der Waals surface area contributed by atoms with Gasteiger partial charge in [-0.25, -0.2) is 0 Å². The van der Waals surface area contributed by atoms with Gasteiger partial charge in [0, 0.05) is 11.8 Å². The molecule has 6 atom stereocenters. The van der Waals surface area contributed by atoms with Crippen LogP contribution < -0.4 is 9.47 Å². The van der Waals surface area contributed by atoms with Crippen LogP contribution in [0.4, 0.5) is 0 Å². The maximum absolute atomic E-state index is 12.8. The summed E-state index contributed by atoms with van der Waals surface area (Å²) in [4.78, 5) is 12.8. The van der Waals surface area contributed by atoms with Crippen molar-refractivity contribution in [3.05, 3.63) is 35.9 Å². The van der Waals surface area contributed by atoms with Crippen molar-refractivity contribution < 1.29 is 24.1 Å². The SMILES string of the molecule is C=C[C@H]1CC[C@@H]2[C@H]3CCc4cc(OC)c(OC)cc4[C@@H]3[C@@H](C(=O)OC)C[C@@]21O. The Kier molecular flexibility index (Phi) is 4.90. The molecule has 0 radical (unpaired) electrons. The number of aryl methyl sites for hydroxylation is 1. The zero-order valence-electron chi connectivity index (χ0n) is 16.9. The van der Waals surface area contributed by atoms with E-state index in [0.29, 0.717) is 17.9 Å². The highest BCUT2D eigenvalue weighted by Crippen LogP contribution is 2.61. The summed E-state index contributed by atoms with van der Waals surface area (Å²) >= 11 is 0. The summed E-state index contributed by atoms with van der Waals surface area (Å²) in [6.07, 6.45) is 6.08. The Labute approximate surface area is 166 Å². The molecule has 2 fully saturated rings. The molecule has 5 heteroatoms. The molecule has 4 rings (SSSR count). The first-order chi connectivity index (χ1) is 13.5. The van der Waals surface area contributed by atoms with E-state index in [2.05, 4.69) is 6.58 Å². The van der Waals surface area contributed by atoms with Gasteiger partial charge in [0.15, 0.2) is 11.5 Å². The average molecular weight is 386 g/mol. The van der Waals surface area contributed by atoms with Crippen LogP contribution in [0.2, 0.25) is 0 Å². The fourth-order valence-electron chi connectivity index (χ4n) is 6.37. The quantitative estimate of drug-likeness (QED) is 0.634. The third-order valence-corrected chi connectivity index (χ3v) is 7.57. The van der Waals surface area contributed by atoms with Crippen molar-refractivity contribution in [3.8, 4) is 11.5 Å². The number of esters is 1. The summed E-state index contributed by atoms with van der Waals surface area (Å²) in [7, 11) is 4.71. The fraction of sp³-hybridized carbons (Fsp3) is 0.609. The summed E-state index contributed by atoms with van der Waals surface area (Å²) in [6, 6.07) is 4.08. The highest BCUT2D eigenvalue weighted by atomic mass is 16.5. The number of benzene rings is 1.